The van der Waals surface area contributed by atoms with Crippen LogP contribution in [0, 0.1) is 5.41 Å². The van der Waals surface area contributed by atoms with Crippen molar-refractivity contribution in [1.29, 1.82) is 0 Å². The van der Waals surface area contributed by atoms with Gasteiger partial charge in [-0.15, -0.1) is 0 Å². The van der Waals surface area contributed by atoms with E-state index >= 15 is 0 Å². The summed E-state index contributed by atoms with van der Waals surface area (Å²) in [5.41, 5.74) is -0.0293. The van der Waals surface area contributed by atoms with E-state index in [1.165, 1.54) is 0 Å². The number of nitrogens with one attached hydrogen (secondary N) is 1. The van der Waals surface area contributed by atoms with Crippen LogP contribution in [0.4, 0.5) is 4.79 Å². The van der Waals surface area contributed by atoms with Crippen molar-refractivity contribution in [3.05, 3.63) is 0 Å². The minimum absolute atomic E-state index is 0.0198. The van der Waals surface area contributed by atoms with Gasteiger partial charge in [0.25, 0.3) is 0 Å². The van der Waals surface area contributed by atoms with E-state index in [-0.39, 0.29) is 17.4 Å². The van der Waals surface area contributed by atoms with E-state index in [9.17, 15) is 9.59 Å². The highest BCUT2D eigenvalue weighted by molar-refractivity contribution is 5.74. The molecule has 0 radical (unpaired) electrons. The van der Waals surface area contributed by atoms with Crippen molar-refractivity contribution in [3.63, 3.8) is 0 Å². The van der Waals surface area contributed by atoms with Gasteiger partial charge in [0.2, 0.25) is 5.91 Å². The van der Waals surface area contributed by atoms with Crippen LogP contribution in [0.5, 0.6) is 0 Å². The molecule has 0 bridgehead atoms. The molecule has 1 heterocycles. The lowest BCUT2D eigenvalue weighted by molar-refractivity contribution is -0.127. The predicted molar refractivity (Wildman–Crippen MR) is 64.6 cm³/mol. The van der Waals surface area contributed by atoms with Crippen LogP contribution >= 0.6 is 0 Å². The lowest BCUT2D eigenvalue weighted by Gasteiger charge is -2.19. The van der Waals surface area contributed by atoms with Crippen molar-refractivity contribution in [1.82, 2.24) is 10.2 Å². The molecule has 17 heavy (non-hydrogen) atoms. The first kappa shape index (κ1) is 13.8. The van der Waals surface area contributed by atoms with Gasteiger partial charge in [0.05, 0.1) is 12.6 Å². The van der Waals surface area contributed by atoms with Gasteiger partial charge in [-0.2, -0.15) is 0 Å². The fraction of sp³-hybridized carbons (Fsp3) is 0.833. The molecule has 0 aliphatic carbocycles. The zero-order valence-electron chi connectivity index (χ0n) is 11.1. The van der Waals surface area contributed by atoms with Crippen molar-refractivity contribution in [3.8, 4) is 0 Å². The van der Waals surface area contributed by atoms with Gasteiger partial charge in [0, 0.05) is 20.0 Å². The maximum atomic E-state index is 11.5. The van der Waals surface area contributed by atoms with Gasteiger partial charge in [-0.25, -0.2) is 4.79 Å². The smallest absolute Gasteiger partial charge is 0.407 e. The Labute approximate surface area is 102 Å². The maximum absolute atomic E-state index is 11.5. The molecular weight excluding hydrogens is 220 g/mol. The monoisotopic (exact) mass is 242 g/mol. The van der Waals surface area contributed by atoms with E-state index < -0.39 is 6.09 Å². The van der Waals surface area contributed by atoms with Crippen LogP contribution in [0.2, 0.25) is 0 Å². The average molecular weight is 242 g/mol. The molecule has 0 saturated carbocycles. The maximum Gasteiger partial charge on any atom is 0.407 e. The molecular formula is C12H22N2O3. The van der Waals surface area contributed by atoms with Crippen molar-refractivity contribution < 1.29 is 14.3 Å². The number of ether oxygens (including phenoxy) is 1. The third kappa shape index (κ3) is 5.06. The molecule has 2 amide bonds. The van der Waals surface area contributed by atoms with E-state index in [1.54, 1.807) is 11.8 Å². The molecule has 1 aliphatic rings. The number of rotatable bonds is 2. The summed E-state index contributed by atoms with van der Waals surface area (Å²) in [6.45, 7) is 9.25. The summed E-state index contributed by atoms with van der Waals surface area (Å²) in [6.07, 6.45) is 0.403. The van der Waals surface area contributed by atoms with Gasteiger partial charge in [-0.3, -0.25) is 4.79 Å². The molecule has 1 fully saturated rings. The second kappa shape index (κ2) is 5.38. The molecule has 98 valence electrons. The lowest BCUT2D eigenvalue weighted by atomic mass is 9.99. The number of carbonyl (C=O) groups excluding carboxylic acids is 2. The molecule has 1 unspecified atom stereocenters. The van der Waals surface area contributed by atoms with Gasteiger partial charge < -0.3 is 15.0 Å². The van der Waals surface area contributed by atoms with Crippen molar-refractivity contribution >= 4 is 12.0 Å². The summed E-state index contributed by atoms with van der Waals surface area (Å²) in [5.74, 6) is 0.0531. The second-order valence-electron chi connectivity index (χ2n) is 5.73. The highest BCUT2D eigenvalue weighted by atomic mass is 16.5. The van der Waals surface area contributed by atoms with Gasteiger partial charge >= 0.3 is 6.09 Å². The fourth-order valence-electron chi connectivity index (χ4n) is 1.65. The summed E-state index contributed by atoms with van der Waals surface area (Å²) in [7, 11) is 0. The van der Waals surface area contributed by atoms with Crippen molar-refractivity contribution in [2.24, 2.45) is 5.41 Å². The minimum Gasteiger partial charge on any atom is -0.449 e. The van der Waals surface area contributed by atoms with Crippen LogP contribution in [-0.4, -0.2) is 42.6 Å². The Morgan fingerprint density at radius 2 is 2.06 bits per heavy atom. The van der Waals surface area contributed by atoms with Crippen LogP contribution in [0.1, 0.15) is 34.1 Å². The summed E-state index contributed by atoms with van der Waals surface area (Å²) in [5, 5.41) is 2.78. The Morgan fingerprint density at radius 1 is 1.41 bits per heavy atom. The van der Waals surface area contributed by atoms with E-state index in [2.05, 4.69) is 5.32 Å². The molecule has 1 atom stereocenters. The number of hydrogen-bond donors (Lipinski definition) is 1. The van der Waals surface area contributed by atoms with E-state index in [0.717, 1.165) is 6.42 Å². The molecule has 0 aromatic carbocycles. The molecule has 0 aromatic heterocycles. The molecule has 1 saturated heterocycles. The van der Waals surface area contributed by atoms with Crippen LogP contribution in [0.25, 0.3) is 0 Å². The highest BCUT2D eigenvalue weighted by Crippen LogP contribution is 2.13. The summed E-state index contributed by atoms with van der Waals surface area (Å²) < 4.78 is 5.11. The Kier molecular flexibility index (Phi) is 4.37. The topological polar surface area (TPSA) is 58.6 Å². The molecule has 1 N–H and O–H groups in total. The molecule has 0 aromatic rings. The Bertz CT molecular complexity index is 297. The van der Waals surface area contributed by atoms with Gasteiger partial charge in [-0.05, 0) is 11.8 Å². The normalized spacial score (nSPS) is 20.2. The summed E-state index contributed by atoms with van der Waals surface area (Å²) in [4.78, 5) is 24.3. The van der Waals surface area contributed by atoms with Crippen LogP contribution in [-0.2, 0) is 9.53 Å². The Balaban J connectivity index is 2.26. The number of hydrogen-bond acceptors (Lipinski definition) is 3. The van der Waals surface area contributed by atoms with Gasteiger partial charge in [0.15, 0.2) is 0 Å². The number of alkyl carbamates (subject to hydrolysis) is 1. The molecule has 1 aliphatic heterocycles. The van der Waals surface area contributed by atoms with Gasteiger partial charge in [0.1, 0.15) is 0 Å². The minimum atomic E-state index is -0.393. The van der Waals surface area contributed by atoms with E-state index in [0.29, 0.717) is 19.7 Å². The largest absolute Gasteiger partial charge is 0.449 e. The van der Waals surface area contributed by atoms with E-state index in [4.69, 9.17) is 4.74 Å². The Hall–Kier alpha value is -1.26. The summed E-state index contributed by atoms with van der Waals surface area (Å²) in [6, 6.07) is 0.0198. The zero-order valence-corrected chi connectivity index (χ0v) is 11.1. The Morgan fingerprint density at radius 3 is 2.53 bits per heavy atom. The molecule has 5 heteroatoms. The third-order valence-corrected chi connectivity index (χ3v) is 2.59. The first-order valence-corrected chi connectivity index (χ1v) is 5.97. The van der Waals surface area contributed by atoms with Crippen LogP contribution in [0.15, 0.2) is 0 Å². The second-order valence-corrected chi connectivity index (χ2v) is 5.73. The first-order valence-electron chi connectivity index (χ1n) is 5.97. The molecule has 1 rings (SSSR count). The van der Waals surface area contributed by atoms with Crippen LogP contribution in [0.3, 0.4) is 0 Å². The van der Waals surface area contributed by atoms with Gasteiger partial charge in [-0.1, -0.05) is 20.8 Å². The lowest BCUT2D eigenvalue weighted by Crippen LogP contribution is -2.39. The number of likely N-dealkylation sites (tertiary alicyclic amines) is 1. The first-order chi connectivity index (χ1) is 7.78. The quantitative estimate of drug-likeness (QED) is 0.796. The molecule has 0 spiro atoms. The van der Waals surface area contributed by atoms with Crippen molar-refractivity contribution in [2.75, 3.05) is 19.7 Å². The highest BCUT2D eigenvalue weighted by Gasteiger charge is 2.26. The van der Waals surface area contributed by atoms with Crippen molar-refractivity contribution in [2.45, 2.75) is 40.2 Å². The number of nitrogens with zero attached hydrogens (tertiary/aromatic N) is 1. The number of carbonyl (C=O) groups is 2. The zero-order chi connectivity index (χ0) is 13.1. The third-order valence-electron chi connectivity index (χ3n) is 2.59. The number of amides is 2. The molecule has 5 nitrogen and oxygen atoms in total. The van der Waals surface area contributed by atoms with Crippen LogP contribution < -0.4 is 5.32 Å². The summed E-state index contributed by atoms with van der Waals surface area (Å²) >= 11 is 0. The standard InChI is InChI=1S/C12H22N2O3/c1-9(15)14-6-5-10(7-14)13-11(16)17-8-12(2,3)4/h10H,5-8H2,1-4H3,(H,13,16). The average Bonchev–Trinajstić information content (AvgIpc) is 2.62. The fourth-order valence-corrected chi connectivity index (χ4v) is 1.65. The predicted octanol–water partition coefficient (Wildman–Crippen LogP) is 1.38. The SMILES string of the molecule is CC(=O)N1CCC(NC(=O)OCC(C)(C)C)C1. The van der Waals surface area contributed by atoms with E-state index in [1.807, 2.05) is 20.8 Å².